The number of Topliss-reactive ketones (excluding diaryl/α,β-unsaturated/α-hetero) is 1. The van der Waals surface area contributed by atoms with Gasteiger partial charge in [-0.15, -0.1) is 0 Å². The van der Waals surface area contributed by atoms with Crippen LogP contribution in [0.1, 0.15) is 67.8 Å². The lowest BCUT2D eigenvalue weighted by Gasteiger charge is -2.40. The molecule has 1 N–H and O–H groups in total. The van der Waals surface area contributed by atoms with Gasteiger partial charge in [0.05, 0.1) is 6.04 Å². The van der Waals surface area contributed by atoms with E-state index in [4.69, 9.17) is 0 Å². The standard InChI is InChI=1S/C19H27NO/c1-2-5-14-8-10-16(11-9-14)19(21)18-13-12-15-6-3-4-7-17(15)20-18/h8-11,15,17-18,20H,2-7,12-13H2,1H3. The van der Waals surface area contributed by atoms with Crippen LogP contribution in [0.25, 0.3) is 0 Å². The molecule has 1 aromatic rings. The maximum absolute atomic E-state index is 12.7. The zero-order valence-electron chi connectivity index (χ0n) is 13.1. The normalized spacial score (nSPS) is 28.9. The van der Waals surface area contributed by atoms with Crippen molar-refractivity contribution in [1.29, 1.82) is 0 Å². The lowest BCUT2D eigenvalue weighted by molar-refractivity contribution is 0.0861. The third kappa shape index (κ3) is 3.37. The number of carbonyl (C=O) groups excluding carboxylic acids is 1. The summed E-state index contributed by atoms with van der Waals surface area (Å²) in [5.41, 5.74) is 2.21. The van der Waals surface area contributed by atoms with Crippen LogP contribution in [0.5, 0.6) is 0 Å². The number of rotatable bonds is 4. The Morgan fingerprint density at radius 1 is 1.10 bits per heavy atom. The summed E-state index contributed by atoms with van der Waals surface area (Å²) < 4.78 is 0. The average Bonchev–Trinajstić information content (AvgIpc) is 2.55. The van der Waals surface area contributed by atoms with Crippen molar-refractivity contribution < 1.29 is 4.79 Å². The molecule has 3 unspecified atom stereocenters. The molecule has 0 radical (unpaired) electrons. The van der Waals surface area contributed by atoms with Crippen LogP contribution in [-0.2, 0) is 6.42 Å². The Morgan fingerprint density at radius 2 is 1.86 bits per heavy atom. The second-order valence-corrected chi connectivity index (χ2v) is 6.76. The predicted molar refractivity (Wildman–Crippen MR) is 86.7 cm³/mol. The smallest absolute Gasteiger partial charge is 0.179 e. The Balaban J connectivity index is 1.64. The van der Waals surface area contributed by atoms with Crippen LogP contribution in [0.4, 0.5) is 0 Å². The molecule has 1 heterocycles. The highest BCUT2D eigenvalue weighted by molar-refractivity contribution is 6.00. The number of aryl methyl sites for hydroxylation is 1. The van der Waals surface area contributed by atoms with Gasteiger partial charge < -0.3 is 5.32 Å². The molecule has 1 saturated carbocycles. The summed E-state index contributed by atoms with van der Waals surface area (Å²) >= 11 is 0. The summed E-state index contributed by atoms with van der Waals surface area (Å²) in [7, 11) is 0. The number of nitrogens with one attached hydrogen (secondary N) is 1. The first-order valence-electron chi connectivity index (χ1n) is 8.67. The molecule has 3 rings (SSSR count). The lowest BCUT2D eigenvalue weighted by Crippen LogP contribution is -2.52. The van der Waals surface area contributed by atoms with Crippen molar-refractivity contribution in [2.45, 2.75) is 70.4 Å². The largest absolute Gasteiger partial charge is 0.304 e. The van der Waals surface area contributed by atoms with Crippen LogP contribution in [0.15, 0.2) is 24.3 Å². The van der Waals surface area contributed by atoms with Crippen LogP contribution >= 0.6 is 0 Å². The molecule has 1 saturated heterocycles. The van der Waals surface area contributed by atoms with Crippen molar-refractivity contribution in [3.8, 4) is 0 Å². The summed E-state index contributed by atoms with van der Waals surface area (Å²) in [5, 5.41) is 3.64. The van der Waals surface area contributed by atoms with E-state index in [1.165, 1.54) is 37.7 Å². The minimum Gasteiger partial charge on any atom is -0.304 e. The van der Waals surface area contributed by atoms with E-state index in [-0.39, 0.29) is 6.04 Å². The highest BCUT2D eigenvalue weighted by Gasteiger charge is 2.34. The molecule has 114 valence electrons. The van der Waals surface area contributed by atoms with E-state index in [2.05, 4.69) is 24.4 Å². The average molecular weight is 285 g/mol. The highest BCUT2D eigenvalue weighted by atomic mass is 16.1. The zero-order valence-corrected chi connectivity index (χ0v) is 13.1. The fourth-order valence-electron chi connectivity index (χ4n) is 4.03. The molecule has 21 heavy (non-hydrogen) atoms. The molecule has 1 aliphatic carbocycles. The number of piperidine rings is 1. The maximum Gasteiger partial charge on any atom is 0.179 e. The van der Waals surface area contributed by atoms with Crippen LogP contribution in [0, 0.1) is 5.92 Å². The topological polar surface area (TPSA) is 29.1 Å². The third-order valence-electron chi connectivity index (χ3n) is 5.24. The van der Waals surface area contributed by atoms with Crippen LogP contribution < -0.4 is 5.32 Å². The minimum absolute atomic E-state index is 0.0429. The van der Waals surface area contributed by atoms with E-state index < -0.39 is 0 Å². The molecule has 2 heteroatoms. The van der Waals surface area contributed by atoms with Crippen LogP contribution in [-0.4, -0.2) is 17.9 Å². The summed E-state index contributed by atoms with van der Waals surface area (Å²) in [5.74, 6) is 1.11. The molecule has 0 amide bonds. The number of benzene rings is 1. The second-order valence-electron chi connectivity index (χ2n) is 6.76. The van der Waals surface area contributed by atoms with E-state index >= 15 is 0 Å². The van der Waals surface area contributed by atoms with Crippen molar-refractivity contribution in [1.82, 2.24) is 5.32 Å². The highest BCUT2D eigenvalue weighted by Crippen LogP contribution is 2.32. The fourth-order valence-corrected chi connectivity index (χ4v) is 4.03. The molecule has 1 aliphatic heterocycles. The van der Waals surface area contributed by atoms with Crippen molar-refractivity contribution in [3.63, 3.8) is 0 Å². The Morgan fingerprint density at radius 3 is 2.62 bits per heavy atom. The second kappa shape index (κ2) is 6.74. The molecule has 0 bridgehead atoms. The minimum atomic E-state index is 0.0429. The van der Waals surface area contributed by atoms with Gasteiger partial charge in [-0.2, -0.15) is 0 Å². The number of hydrogen-bond acceptors (Lipinski definition) is 2. The molecule has 2 nitrogen and oxygen atoms in total. The first kappa shape index (κ1) is 14.8. The molecule has 2 fully saturated rings. The van der Waals surface area contributed by atoms with Crippen molar-refractivity contribution in [2.75, 3.05) is 0 Å². The fraction of sp³-hybridized carbons (Fsp3) is 0.632. The van der Waals surface area contributed by atoms with E-state index in [0.717, 1.165) is 30.7 Å². The van der Waals surface area contributed by atoms with E-state index in [1.54, 1.807) is 0 Å². The van der Waals surface area contributed by atoms with Gasteiger partial charge in [-0.1, -0.05) is 50.5 Å². The Bertz CT molecular complexity index is 479. The number of fused-ring (bicyclic) bond motifs is 1. The molecular weight excluding hydrogens is 258 g/mol. The Labute approximate surface area is 128 Å². The molecule has 2 aliphatic rings. The number of ketones is 1. The quantitative estimate of drug-likeness (QED) is 0.843. The van der Waals surface area contributed by atoms with Gasteiger partial charge >= 0.3 is 0 Å². The summed E-state index contributed by atoms with van der Waals surface area (Å²) in [6.45, 7) is 2.19. The van der Waals surface area contributed by atoms with Crippen LogP contribution in [0.2, 0.25) is 0 Å². The van der Waals surface area contributed by atoms with Gasteiger partial charge in [0.15, 0.2) is 5.78 Å². The van der Waals surface area contributed by atoms with Gasteiger partial charge in [0, 0.05) is 11.6 Å². The van der Waals surface area contributed by atoms with Gasteiger partial charge in [-0.25, -0.2) is 0 Å². The number of carbonyl (C=O) groups is 1. The first-order valence-corrected chi connectivity index (χ1v) is 8.67. The molecule has 3 atom stereocenters. The Kier molecular flexibility index (Phi) is 4.74. The van der Waals surface area contributed by atoms with Gasteiger partial charge in [0.1, 0.15) is 0 Å². The van der Waals surface area contributed by atoms with Gasteiger partial charge in [-0.05, 0) is 43.6 Å². The van der Waals surface area contributed by atoms with Gasteiger partial charge in [0.25, 0.3) is 0 Å². The van der Waals surface area contributed by atoms with E-state index in [1.807, 2.05) is 12.1 Å². The monoisotopic (exact) mass is 285 g/mol. The lowest BCUT2D eigenvalue weighted by atomic mass is 9.77. The molecule has 0 aromatic heterocycles. The first-order chi connectivity index (χ1) is 10.3. The van der Waals surface area contributed by atoms with E-state index in [9.17, 15) is 4.79 Å². The summed E-state index contributed by atoms with van der Waals surface area (Å²) in [4.78, 5) is 12.7. The van der Waals surface area contributed by atoms with Crippen molar-refractivity contribution >= 4 is 5.78 Å². The zero-order chi connectivity index (χ0) is 14.7. The molecule has 0 spiro atoms. The van der Waals surface area contributed by atoms with Crippen molar-refractivity contribution in [3.05, 3.63) is 35.4 Å². The number of hydrogen-bond donors (Lipinski definition) is 1. The Hall–Kier alpha value is -1.15. The SMILES string of the molecule is CCCc1ccc(C(=O)C2CCC3CCCCC3N2)cc1. The van der Waals surface area contributed by atoms with E-state index in [0.29, 0.717) is 11.8 Å². The van der Waals surface area contributed by atoms with Crippen molar-refractivity contribution in [2.24, 2.45) is 5.92 Å². The van der Waals surface area contributed by atoms with Crippen LogP contribution in [0.3, 0.4) is 0 Å². The van der Waals surface area contributed by atoms with Gasteiger partial charge in [-0.3, -0.25) is 4.79 Å². The third-order valence-corrected chi connectivity index (χ3v) is 5.24. The molecular formula is C19H27NO. The molecule has 1 aromatic carbocycles. The summed E-state index contributed by atoms with van der Waals surface area (Å²) in [6.07, 6.45) is 9.79. The van der Waals surface area contributed by atoms with Gasteiger partial charge in [0.2, 0.25) is 0 Å². The maximum atomic E-state index is 12.7. The summed E-state index contributed by atoms with van der Waals surface area (Å²) in [6, 6.07) is 8.89. The predicted octanol–water partition coefficient (Wildman–Crippen LogP) is 4.13.